The van der Waals surface area contributed by atoms with Crippen LogP contribution in [0.2, 0.25) is 0 Å². The highest BCUT2D eigenvalue weighted by molar-refractivity contribution is 5.70. The van der Waals surface area contributed by atoms with E-state index in [4.69, 9.17) is 10.8 Å². The van der Waals surface area contributed by atoms with Crippen LogP contribution in [0, 0.1) is 0 Å². The van der Waals surface area contributed by atoms with Crippen molar-refractivity contribution in [2.45, 2.75) is 12.8 Å². The number of nitrogens with zero attached hydrogens (tertiary/aromatic N) is 2. The molecule has 0 atom stereocenters. The minimum absolute atomic E-state index is 0.121. The van der Waals surface area contributed by atoms with Crippen LogP contribution in [0.3, 0.4) is 0 Å². The Kier molecular flexibility index (Phi) is 6.15. The largest absolute Gasteiger partial charge is 0.481 e. The first-order valence-electron chi connectivity index (χ1n) is 6.46. The quantitative estimate of drug-likeness (QED) is 0.697. The molecule has 0 aliphatic heterocycles. The molecule has 19 heavy (non-hydrogen) atoms. The molecule has 106 valence electrons. The van der Waals surface area contributed by atoms with E-state index in [0.717, 1.165) is 25.2 Å². The van der Waals surface area contributed by atoms with Crippen molar-refractivity contribution in [2.24, 2.45) is 0 Å². The SMILES string of the molecule is CN(C)CCCN(CCC(=O)O)c1ccccc1N. The second kappa shape index (κ2) is 7.63. The van der Waals surface area contributed by atoms with E-state index in [0.29, 0.717) is 12.2 Å². The van der Waals surface area contributed by atoms with Crippen LogP contribution in [-0.4, -0.2) is 49.7 Å². The number of hydrogen-bond acceptors (Lipinski definition) is 4. The number of benzene rings is 1. The molecule has 0 aliphatic carbocycles. The fraction of sp³-hybridized carbons (Fsp3) is 0.500. The zero-order chi connectivity index (χ0) is 14.3. The van der Waals surface area contributed by atoms with Crippen LogP contribution in [0.1, 0.15) is 12.8 Å². The monoisotopic (exact) mass is 265 g/mol. The smallest absolute Gasteiger partial charge is 0.305 e. The van der Waals surface area contributed by atoms with E-state index in [-0.39, 0.29) is 6.42 Å². The van der Waals surface area contributed by atoms with Gasteiger partial charge in [0.15, 0.2) is 0 Å². The van der Waals surface area contributed by atoms with Crippen LogP contribution in [0.4, 0.5) is 11.4 Å². The number of rotatable bonds is 8. The summed E-state index contributed by atoms with van der Waals surface area (Å²) in [5.74, 6) is -0.785. The van der Waals surface area contributed by atoms with E-state index in [2.05, 4.69) is 4.90 Å². The van der Waals surface area contributed by atoms with E-state index in [1.54, 1.807) is 0 Å². The molecule has 0 saturated carbocycles. The highest BCUT2D eigenvalue weighted by Gasteiger charge is 2.11. The molecule has 0 radical (unpaired) electrons. The Morgan fingerprint density at radius 2 is 1.89 bits per heavy atom. The van der Waals surface area contributed by atoms with Gasteiger partial charge in [0, 0.05) is 13.1 Å². The van der Waals surface area contributed by atoms with E-state index < -0.39 is 5.97 Å². The van der Waals surface area contributed by atoms with Crippen LogP contribution in [-0.2, 0) is 4.79 Å². The predicted molar refractivity (Wildman–Crippen MR) is 78.5 cm³/mol. The van der Waals surface area contributed by atoms with Gasteiger partial charge in [-0.15, -0.1) is 0 Å². The summed E-state index contributed by atoms with van der Waals surface area (Å²) in [6.07, 6.45) is 1.09. The molecule has 5 nitrogen and oxygen atoms in total. The Hall–Kier alpha value is -1.75. The van der Waals surface area contributed by atoms with Crippen molar-refractivity contribution in [2.75, 3.05) is 44.4 Å². The van der Waals surface area contributed by atoms with Crippen molar-refractivity contribution in [3.63, 3.8) is 0 Å². The van der Waals surface area contributed by atoms with Gasteiger partial charge in [-0.2, -0.15) is 0 Å². The van der Waals surface area contributed by atoms with Gasteiger partial charge in [-0.25, -0.2) is 0 Å². The van der Waals surface area contributed by atoms with Crippen molar-refractivity contribution in [1.82, 2.24) is 4.90 Å². The minimum Gasteiger partial charge on any atom is -0.481 e. The Morgan fingerprint density at radius 3 is 2.47 bits per heavy atom. The number of aliphatic carboxylic acids is 1. The lowest BCUT2D eigenvalue weighted by molar-refractivity contribution is -0.136. The molecule has 0 saturated heterocycles. The third-order valence-electron chi connectivity index (χ3n) is 2.91. The van der Waals surface area contributed by atoms with Gasteiger partial charge in [0.05, 0.1) is 17.8 Å². The number of para-hydroxylation sites is 2. The van der Waals surface area contributed by atoms with E-state index in [9.17, 15) is 4.79 Å². The normalized spacial score (nSPS) is 10.7. The number of carboxylic acids is 1. The maximum absolute atomic E-state index is 10.7. The molecule has 0 fully saturated rings. The van der Waals surface area contributed by atoms with Crippen molar-refractivity contribution in [3.8, 4) is 0 Å². The summed E-state index contributed by atoms with van der Waals surface area (Å²) in [6.45, 7) is 2.26. The number of nitrogens with two attached hydrogens (primary N) is 1. The fourth-order valence-corrected chi connectivity index (χ4v) is 1.94. The average Bonchev–Trinajstić information content (AvgIpc) is 2.34. The van der Waals surface area contributed by atoms with E-state index >= 15 is 0 Å². The first-order chi connectivity index (χ1) is 9.00. The zero-order valence-electron chi connectivity index (χ0n) is 11.7. The summed E-state index contributed by atoms with van der Waals surface area (Å²) in [6, 6.07) is 7.58. The van der Waals surface area contributed by atoms with Gasteiger partial charge in [0.2, 0.25) is 0 Å². The second-order valence-corrected chi connectivity index (χ2v) is 4.85. The minimum atomic E-state index is -0.785. The molecule has 1 rings (SSSR count). The first-order valence-corrected chi connectivity index (χ1v) is 6.46. The Labute approximate surface area is 114 Å². The van der Waals surface area contributed by atoms with Crippen molar-refractivity contribution in [3.05, 3.63) is 24.3 Å². The fourth-order valence-electron chi connectivity index (χ4n) is 1.94. The third kappa shape index (κ3) is 5.61. The van der Waals surface area contributed by atoms with Gasteiger partial charge in [-0.3, -0.25) is 4.79 Å². The molecule has 0 aromatic heterocycles. The summed E-state index contributed by atoms with van der Waals surface area (Å²) in [7, 11) is 4.05. The van der Waals surface area contributed by atoms with Crippen molar-refractivity contribution >= 4 is 17.3 Å². The summed E-state index contributed by atoms with van der Waals surface area (Å²) in [5, 5.41) is 8.83. The van der Waals surface area contributed by atoms with Gasteiger partial charge >= 0.3 is 5.97 Å². The summed E-state index contributed by atoms with van der Waals surface area (Å²) in [4.78, 5) is 14.9. The summed E-state index contributed by atoms with van der Waals surface area (Å²) >= 11 is 0. The van der Waals surface area contributed by atoms with Gasteiger partial charge in [0.25, 0.3) is 0 Å². The van der Waals surface area contributed by atoms with Gasteiger partial charge < -0.3 is 20.6 Å². The lowest BCUT2D eigenvalue weighted by atomic mass is 10.2. The molecule has 0 unspecified atom stereocenters. The summed E-state index contributed by atoms with van der Waals surface area (Å²) in [5.41, 5.74) is 7.57. The maximum atomic E-state index is 10.7. The Bertz CT molecular complexity index is 407. The standard InChI is InChI=1S/C14H23N3O2/c1-16(2)9-5-10-17(11-8-14(18)19)13-7-4-3-6-12(13)15/h3-4,6-7H,5,8-11,15H2,1-2H3,(H,18,19). The van der Waals surface area contributed by atoms with Crippen molar-refractivity contribution in [1.29, 1.82) is 0 Å². The molecule has 0 bridgehead atoms. The van der Waals surface area contributed by atoms with Gasteiger partial charge in [-0.1, -0.05) is 12.1 Å². The van der Waals surface area contributed by atoms with Crippen LogP contribution < -0.4 is 10.6 Å². The van der Waals surface area contributed by atoms with E-state index in [1.807, 2.05) is 43.3 Å². The molecular formula is C14H23N3O2. The first kappa shape index (κ1) is 15.3. The molecule has 0 heterocycles. The van der Waals surface area contributed by atoms with Gasteiger partial charge in [-0.05, 0) is 39.2 Å². The molecule has 1 aromatic rings. The second-order valence-electron chi connectivity index (χ2n) is 4.85. The lowest BCUT2D eigenvalue weighted by Gasteiger charge is -2.26. The zero-order valence-corrected chi connectivity index (χ0v) is 11.7. The third-order valence-corrected chi connectivity index (χ3v) is 2.91. The number of anilines is 2. The number of nitrogen functional groups attached to an aromatic ring is 1. The van der Waals surface area contributed by atoms with Crippen molar-refractivity contribution < 1.29 is 9.90 Å². The molecule has 0 amide bonds. The average molecular weight is 265 g/mol. The molecule has 0 aliphatic rings. The predicted octanol–water partition coefficient (Wildman–Crippen LogP) is 1.50. The molecule has 3 N–H and O–H groups in total. The Morgan fingerprint density at radius 1 is 1.21 bits per heavy atom. The van der Waals surface area contributed by atoms with Crippen LogP contribution >= 0.6 is 0 Å². The molecular weight excluding hydrogens is 242 g/mol. The topological polar surface area (TPSA) is 69.8 Å². The lowest BCUT2D eigenvalue weighted by Crippen LogP contribution is -2.30. The van der Waals surface area contributed by atoms with Crippen LogP contribution in [0.5, 0.6) is 0 Å². The van der Waals surface area contributed by atoms with E-state index in [1.165, 1.54) is 0 Å². The number of hydrogen-bond donors (Lipinski definition) is 2. The molecule has 1 aromatic carbocycles. The van der Waals surface area contributed by atoms with Crippen LogP contribution in [0.25, 0.3) is 0 Å². The highest BCUT2D eigenvalue weighted by Crippen LogP contribution is 2.22. The number of carbonyl (C=O) groups is 1. The molecule has 0 spiro atoms. The van der Waals surface area contributed by atoms with Crippen LogP contribution in [0.15, 0.2) is 24.3 Å². The summed E-state index contributed by atoms with van der Waals surface area (Å²) < 4.78 is 0. The highest BCUT2D eigenvalue weighted by atomic mass is 16.4. The van der Waals surface area contributed by atoms with Gasteiger partial charge in [0.1, 0.15) is 0 Å². The molecule has 5 heteroatoms. The maximum Gasteiger partial charge on any atom is 0.305 e. The Balaban J connectivity index is 2.68. The number of carboxylic acid groups (broad SMARTS) is 1.